The fraction of sp³-hybridized carbons (Fsp3) is 0.900. The van der Waals surface area contributed by atoms with E-state index in [2.05, 4.69) is 15.4 Å². The third kappa shape index (κ3) is 6.48. The van der Waals surface area contributed by atoms with Crippen LogP contribution in [-0.2, 0) is 9.53 Å². The lowest BCUT2D eigenvalue weighted by Crippen LogP contribution is -2.41. The van der Waals surface area contributed by atoms with Gasteiger partial charge in [0.2, 0.25) is 5.91 Å². The zero-order valence-electron chi connectivity index (χ0n) is 9.48. The number of carbonyl (C=O) groups is 1. The summed E-state index contributed by atoms with van der Waals surface area (Å²) in [4.78, 5) is 11.5. The molecule has 1 fully saturated rings. The Morgan fingerprint density at radius 3 is 2.82 bits per heavy atom. The van der Waals surface area contributed by atoms with Gasteiger partial charge in [-0.1, -0.05) is 0 Å². The smallest absolute Gasteiger partial charge is 0.370 e. The molecule has 0 aromatic rings. The van der Waals surface area contributed by atoms with Crippen LogP contribution in [0.1, 0.15) is 12.8 Å². The maximum Gasteiger partial charge on any atom is 0.411 e. The molecule has 1 atom stereocenters. The molecule has 1 amide bonds. The summed E-state index contributed by atoms with van der Waals surface area (Å²) >= 11 is 0. The van der Waals surface area contributed by atoms with Gasteiger partial charge in [-0.15, -0.1) is 0 Å². The van der Waals surface area contributed by atoms with E-state index in [9.17, 15) is 18.0 Å². The molecule has 1 unspecified atom stereocenters. The number of hydrogen-bond donors (Lipinski definition) is 2. The average Bonchev–Trinajstić information content (AvgIpc) is 2.28. The second-order valence-corrected chi connectivity index (χ2v) is 4.00. The average molecular weight is 254 g/mol. The van der Waals surface area contributed by atoms with Crippen molar-refractivity contribution in [2.24, 2.45) is 5.92 Å². The van der Waals surface area contributed by atoms with Crippen molar-refractivity contribution in [3.63, 3.8) is 0 Å². The number of alkyl halides is 3. The van der Waals surface area contributed by atoms with E-state index in [1.54, 1.807) is 0 Å². The molecular weight excluding hydrogens is 237 g/mol. The van der Waals surface area contributed by atoms with Crippen LogP contribution in [0.3, 0.4) is 0 Å². The summed E-state index contributed by atoms with van der Waals surface area (Å²) < 4.78 is 39.5. The van der Waals surface area contributed by atoms with Crippen molar-refractivity contribution in [1.82, 2.24) is 10.6 Å². The first-order valence-corrected chi connectivity index (χ1v) is 5.62. The lowest BCUT2D eigenvalue weighted by atomic mass is 9.99. The molecule has 0 aromatic carbocycles. The van der Waals surface area contributed by atoms with Crippen LogP contribution in [0.4, 0.5) is 13.2 Å². The van der Waals surface area contributed by atoms with Crippen molar-refractivity contribution in [3.05, 3.63) is 0 Å². The molecule has 1 aliphatic heterocycles. The minimum Gasteiger partial charge on any atom is -0.370 e. The van der Waals surface area contributed by atoms with Gasteiger partial charge in [-0.3, -0.25) is 4.79 Å². The molecule has 0 aliphatic carbocycles. The maximum atomic E-state index is 11.7. The molecule has 1 aliphatic rings. The van der Waals surface area contributed by atoms with Gasteiger partial charge in [-0.2, -0.15) is 13.2 Å². The Morgan fingerprint density at radius 2 is 2.24 bits per heavy atom. The lowest BCUT2D eigenvalue weighted by molar-refractivity contribution is -0.173. The van der Waals surface area contributed by atoms with Gasteiger partial charge in [0, 0.05) is 13.1 Å². The first-order chi connectivity index (χ1) is 7.99. The van der Waals surface area contributed by atoms with Gasteiger partial charge in [-0.05, 0) is 19.4 Å². The van der Waals surface area contributed by atoms with E-state index in [1.165, 1.54) is 0 Å². The zero-order valence-corrected chi connectivity index (χ0v) is 9.48. The van der Waals surface area contributed by atoms with Crippen molar-refractivity contribution in [2.75, 3.05) is 32.8 Å². The Morgan fingerprint density at radius 1 is 1.47 bits per heavy atom. The third-order valence-electron chi connectivity index (χ3n) is 2.48. The third-order valence-corrected chi connectivity index (χ3v) is 2.48. The highest BCUT2D eigenvalue weighted by Crippen LogP contribution is 2.14. The Labute approximate surface area is 97.9 Å². The van der Waals surface area contributed by atoms with Gasteiger partial charge in [0.1, 0.15) is 6.61 Å². The number of ether oxygens (including phenoxy) is 1. The van der Waals surface area contributed by atoms with E-state index >= 15 is 0 Å². The van der Waals surface area contributed by atoms with Crippen LogP contribution in [0.15, 0.2) is 0 Å². The summed E-state index contributed by atoms with van der Waals surface area (Å²) in [5, 5.41) is 5.66. The molecule has 100 valence electrons. The van der Waals surface area contributed by atoms with E-state index in [4.69, 9.17) is 0 Å². The summed E-state index contributed by atoms with van der Waals surface area (Å²) in [6, 6.07) is 0. The standard InChI is InChI=1S/C10H17F3N2O2/c11-10(12,13)7-17-5-4-15-9(16)8-2-1-3-14-6-8/h8,14H,1-7H2,(H,15,16). The Bertz CT molecular complexity index is 240. The van der Waals surface area contributed by atoms with Crippen LogP contribution in [0.5, 0.6) is 0 Å². The van der Waals surface area contributed by atoms with Gasteiger partial charge < -0.3 is 15.4 Å². The van der Waals surface area contributed by atoms with Gasteiger partial charge in [0.05, 0.1) is 12.5 Å². The fourth-order valence-electron chi connectivity index (χ4n) is 1.65. The highest BCUT2D eigenvalue weighted by Gasteiger charge is 2.27. The second kappa shape index (κ2) is 6.80. The number of amides is 1. The molecule has 0 spiro atoms. The molecule has 17 heavy (non-hydrogen) atoms. The highest BCUT2D eigenvalue weighted by molar-refractivity contribution is 5.78. The zero-order chi connectivity index (χ0) is 12.7. The van der Waals surface area contributed by atoms with Gasteiger partial charge >= 0.3 is 6.18 Å². The van der Waals surface area contributed by atoms with Crippen LogP contribution in [0.25, 0.3) is 0 Å². The number of halogens is 3. The molecule has 0 bridgehead atoms. The molecular formula is C10H17F3N2O2. The number of piperidine rings is 1. The van der Waals surface area contributed by atoms with Gasteiger partial charge in [0.15, 0.2) is 0 Å². The number of nitrogens with one attached hydrogen (secondary N) is 2. The summed E-state index contributed by atoms with van der Waals surface area (Å²) in [5.74, 6) is -0.195. The molecule has 7 heteroatoms. The minimum absolute atomic E-state index is 0.0774. The Hall–Kier alpha value is -0.820. The minimum atomic E-state index is -4.31. The van der Waals surface area contributed by atoms with Crippen molar-refractivity contribution >= 4 is 5.91 Å². The van der Waals surface area contributed by atoms with Crippen molar-refractivity contribution in [2.45, 2.75) is 19.0 Å². The Balaban J connectivity index is 2.04. The van der Waals surface area contributed by atoms with Gasteiger partial charge in [-0.25, -0.2) is 0 Å². The SMILES string of the molecule is O=C(NCCOCC(F)(F)F)C1CCCNC1. The molecule has 1 heterocycles. The summed E-state index contributed by atoms with van der Waals surface area (Å²) in [6.07, 6.45) is -2.54. The largest absolute Gasteiger partial charge is 0.411 e. The molecule has 0 saturated carbocycles. The van der Waals surface area contributed by atoms with E-state index in [0.29, 0.717) is 6.54 Å². The summed E-state index contributed by atoms with van der Waals surface area (Å²) in [6.45, 7) is 0.276. The number of carbonyl (C=O) groups excluding carboxylic acids is 1. The summed E-state index contributed by atoms with van der Waals surface area (Å²) in [7, 11) is 0. The maximum absolute atomic E-state index is 11.7. The van der Waals surface area contributed by atoms with Crippen LogP contribution < -0.4 is 10.6 Å². The first kappa shape index (κ1) is 14.2. The molecule has 0 aromatic heterocycles. The van der Waals surface area contributed by atoms with E-state index in [-0.39, 0.29) is 25.0 Å². The molecule has 0 radical (unpaired) electrons. The molecule has 1 saturated heterocycles. The lowest BCUT2D eigenvalue weighted by Gasteiger charge is -2.21. The number of hydrogen-bond acceptors (Lipinski definition) is 3. The Kier molecular flexibility index (Phi) is 5.70. The molecule has 4 nitrogen and oxygen atoms in total. The van der Waals surface area contributed by atoms with Crippen LogP contribution in [-0.4, -0.2) is 44.9 Å². The second-order valence-electron chi connectivity index (χ2n) is 4.00. The van der Waals surface area contributed by atoms with Crippen molar-refractivity contribution in [3.8, 4) is 0 Å². The number of rotatable bonds is 5. The quantitative estimate of drug-likeness (QED) is 0.709. The fourth-order valence-corrected chi connectivity index (χ4v) is 1.65. The van der Waals surface area contributed by atoms with Crippen molar-refractivity contribution < 1.29 is 22.7 Å². The van der Waals surface area contributed by atoms with E-state index < -0.39 is 12.8 Å². The summed E-state index contributed by atoms with van der Waals surface area (Å²) in [5.41, 5.74) is 0. The van der Waals surface area contributed by atoms with Crippen LogP contribution in [0, 0.1) is 5.92 Å². The predicted octanol–water partition coefficient (Wildman–Crippen LogP) is 0.681. The van der Waals surface area contributed by atoms with E-state index in [1.807, 2.05) is 0 Å². The topological polar surface area (TPSA) is 50.4 Å². The van der Waals surface area contributed by atoms with Crippen LogP contribution in [0.2, 0.25) is 0 Å². The van der Waals surface area contributed by atoms with Gasteiger partial charge in [0.25, 0.3) is 0 Å². The normalized spacial score (nSPS) is 21.2. The first-order valence-electron chi connectivity index (χ1n) is 5.62. The van der Waals surface area contributed by atoms with E-state index in [0.717, 1.165) is 19.4 Å². The molecule has 1 rings (SSSR count). The van der Waals surface area contributed by atoms with Crippen molar-refractivity contribution in [1.29, 1.82) is 0 Å². The predicted molar refractivity (Wildman–Crippen MR) is 55.5 cm³/mol. The monoisotopic (exact) mass is 254 g/mol. The molecule has 2 N–H and O–H groups in total. The van der Waals surface area contributed by atoms with Crippen LogP contribution >= 0.6 is 0 Å². The highest BCUT2D eigenvalue weighted by atomic mass is 19.4.